The molecule has 4 heterocycles. The number of piperidine rings is 2. The van der Waals surface area contributed by atoms with Crippen LogP contribution in [0.4, 0.5) is 15.3 Å². The monoisotopic (exact) mass is 652 g/mol. The first kappa shape index (κ1) is 32.4. The third-order valence-corrected chi connectivity index (χ3v) is 10.4. The molecule has 4 aliphatic heterocycles. The molecule has 0 saturated carbocycles. The standard InChI is InChI=1S/C34H45ClN6O5/c1-37-18-20-38(21-19-37)26-9-13-39(14-10-26)32(43)31(23-24-6-7-30(42)28(35)22-24)46-34(45)40-15-11-27(12-16-40)41-17-8-25-4-2-3-5-29(25)36-33(41)44/h2-7,22,26-27,31,42H,8-21,23H2,1H3,(H,36,44)/t31-/m1/s1. The van der Waals surface area contributed by atoms with E-state index in [-0.39, 0.29) is 35.2 Å². The van der Waals surface area contributed by atoms with Gasteiger partial charge in [-0.05, 0) is 68.5 Å². The van der Waals surface area contributed by atoms with Gasteiger partial charge in [0.2, 0.25) is 0 Å². The summed E-state index contributed by atoms with van der Waals surface area (Å²) in [5.74, 6) is -0.244. The maximum absolute atomic E-state index is 13.9. The number of halogens is 1. The molecule has 2 aromatic carbocycles. The normalized spacial score (nSPS) is 21.3. The second-order valence-electron chi connectivity index (χ2n) is 13.0. The molecule has 0 bridgehead atoms. The zero-order chi connectivity index (χ0) is 32.2. The van der Waals surface area contributed by atoms with Gasteiger partial charge in [0, 0.05) is 83.1 Å². The lowest BCUT2D eigenvalue weighted by Gasteiger charge is -2.42. The number of piperazine rings is 1. The zero-order valence-electron chi connectivity index (χ0n) is 26.6. The van der Waals surface area contributed by atoms with E-state index in [1.54, 1.807) is 17.0 Å². The van der Waals surface area contributed by atoms with E-state index in [2.05, 4.69) is 22.2 Å². The highest BCUT2D eigenvalue weighted by molar-refractivity contribution is 6.32. The van der Waals surface area contributed by atoms with Crippen LogP contribution in [0.15, 0.2) is 42.5 Å². The summed E-state index contributed by atoms with van der Waals surface area (Å²) in [7, 11) is 2.15. The average Bonchev–Trinajstić information content (AvgIpc) is 3.24. The van der Waals surface area contributed by atoms with Crippen molar-refractivity contribution in [3.05, 3.63) is 58.6 Å². The van der Waals surface area contributed by atoms with Crippen molar-refractivity contribution in [3.8, 4) is 5.75 Å². The SMILES string of the molecule is CN1CCN(C2CCN(C(=O)[C@@H](Cc3ccc(O)c(Cl)c3)OC(=O)N3CCC(N4CCc5ccccc5NC4=O)CC3)CC2)CC1. The Hall–Kier alpha value is -3.54. The summed E-state index contributed by atoms with van der Waals surface area (Å²) in [6.45, 7) is 6.93. The van der Waals surface area contributed by atoms with Crippen molar-refractivity contribution >= 4 is 35.3 Å². The van der Waals surface area contributed by atoms with Crippen LogP contribution >= 0.6 is 11.6 Å². The number of para-hydroxylation sites is 1. The number of hydrogen-bond acceptors (Lipinski definition) is 7. The van der Waals surface area contributed by atoms with Crippen LogP contribution in [-0.2, 0) is 22.4 Å². The van der Waals surface area contributed by atoms with Crippen molar-refractivity contribution in [1.29, 1.82) is 0 Å². The minimum absolute atomic E-state index is 0.0107. The molecule has 0 aromatic heterocycles. The van der Waals surface area contributed by atoms with Gasteiger partial charge in [-0.1, -0.05) is 35.9 Å². The predicted molar refractivity (Wildman–Crippen MR) is 176 cm³/mol. The smallest absolute Gasteiger partial charge is 0.410 e. The summed E-state index contributed by atoms with van der Waals surface area (Å²) in [6.07, 6.45) is 2.44. The van der Waals surface area contributed by atoms with Gasteiger partial charge in [0.05, 0.1) is 5.02 Å². The lowest BCUT2D eigenvalue weighted by Crippen LogP contribution is -2.54. The van der Waals surface area contributed by atoms with Crippen LogP contribution in [0.2, 0.25) is 5.02 Å². The van der Waals surface area contributed by atoms with Gasteiger partial charge < -0.3 is 34.8 Å². The molecule has 248 valence electrons. The van der Waals surface area contributed by atoms with Crippen molar-refractivity contribution in [3.63, 3.8) is 0 Å². The van der Waals surface area contributed by atoms with Crippen molar-refractivity contribution in [2.24, 2.45) is 0 Å². The third-order valence-electron chi connectivity index (χ3n) is 10.1. The first-order valence-electron chi connectivity index (χ1n) is 16.5. The van der Waals surface area contributed by atoms with E-state index in [1.807, 2.05) is 34.1 Å². The second kappa shape index (κ2) is 14.5. The van der Waals surface area contributed by atoms with E-state index < -0.39 is 12.2 Å². The molecule has 0 spiro atoms. The molecule has 11 nitrogen and oxygen atoms in total. The summed E-state index contributed by atoms with van der Waals surface area (Å²) in [6, 6.07) is 13.0. The van der Waals surface area contributed by atoms with Crippen molar-refractivity contribution in [2.75, 3.05) is 71.3 Å². The molecule has 0 radical (unpaired) electrons. The summed E-state index contributed by atoms with van der Waals surface area (Å²) in [5, 5.41) is 13.1. The van der Waals surface area contributed by atoms with E-state index in [0.717, 1.165) is 56.7 Å². The molecule has 3 fully saturated rings. The van der Waals surface area contributed by atoms with Crippen molar-refractivity contribution in [2.45, 2.75) is 56.7 Å². The van der Waals surface area contributed by atoms with Crippen LogP contribution in [-0.4, -0.2) is 132 Å². The number of carbonyl (C=O) groups excluding carboxylic acids is 3. The Kier molecular flexibility index (Phi) is 10.2. The van der Waals surface area contributed by atoms with Gasteiger partial charge in [0.15, 0.2) is 6.10 Å². The molecule has 3 saturated heterocycles. The quantitative estimate of drug-likeness (QED) is 0.488. The lowest BCUT2D eigenvalue weighted by atomic mass is 10.0. The van der Waals surface area contributed by atoms with Gasteiger partial charge in [-0.15, -0.1) is 0 Å². The maximum Gasteiger partial charge on any atom is 0.410 e. The summed E-state index contributed by atoms with van der Waals surface area (Å²) < 4.78 is 5.98. The number of likely N-dealkylation sites (N-methyl/N-ethyl adjacent to an activating group) is 1. The van der Waals surface area contributed by atoms with Crippen LogP contribution < -0.4 is 5.32 Å². The Morgan fingerprint density at radius 2 is 1.59 bits per heavy atom. The van der Waals surface area contributed by atoms with Gasteiger partial charge >= 0.3 is 12.1 Å². The molecule has 0 unspecified atom stereocenters. The molecule has 4 amide bonds. The fraction of sp³-hybridized carbons (Fsp3) is 0.559. The second-order valence-corrected chi connectivity index (χ2v) is 13.4. The number of fused-ring (bicyclic) bond motifs is 1. The van der Waals surface area contributed by atoms with E-state index in [4.69, 9.17) is 16.3 Å². The van der Waals surface area contributed by atoms with Gasteiger partial charge in [0.1, 0.15) is 5.75 Å². The number of likely N-dealkylation sites (tertiary alicyclic amines) is 2. The maximum atomic E-state index is 13.9. The Morgan fingerprint density at radius 1 is 0.913 bits per heavy atom. The van der Waals surface area contributed by atoms with E-state index in [0.29, 0.717) is 57.2 Å². The Bertz CT molecular complexity index is 1400. The molecule has 0 aliphatic carbocycles. The number of carbonyl (C=O) groups is 3. The number of phenols is 1. The molecule has 2 aromatic rings. The molecule has 46 heavy (non-hydrogen) atoms. The third kappa shape index (κ3) is 7.53. The van der Waals surface area contributed by atoms with Crippen LogP contribution in [0, 0.1) is 0 Å². The van der Waals surface area contributed by atoms with Crippen LogP contribution in [0.3, 0.4) is 0 Å². The number of benzene rings is 2. The Morgan fingerprint density at radius 3 is 2.30 bits per heavy atom. The number of urea groups is 1. The van der Waals surface area contributed by atoms with Crippen molar-refractivity contribution < 1.29 is 24.2 Å². The number of nitrogens with zero attached hydrogens (tertiary/aromatic N) is 5. The molecular formula is C34H45ClN6O5. The Labute approximate surface area is 276 Å². The predicted octanol–water partition coefficient (Wildman–Crippen LogP) is 3.89. The van der Waals surface area contributed by atoms with E-state index in [9.17, 15) is 19.5 Å². The molecule has 12 heteroatoms. The van der Waals surface area contributed by atoms with E-state index >= 15 is 0 Å². The largest absolute Gasteiger partial charge is 0.506 e. The number of phenolic OH excluding ortho intramolecular Hbond substituents is 1. The van der Waals surface area contributed by atoms with Crippen LogP contribution in [0.25, 0.3) is 0 Å². The number of anilines is 1. The molecule has 6 rings (SSSR count). The molecule has 1 atom stereocenters. The summed E-state index contributed by atoms with van der Waals surface area (Å²) >= 11 is 6.18. The van der Waals surface area contributed by atoms with Crippen LogP contribution in [0.1, 0.15) is 36.8 Å². The number of hydrogen-bond donors (Lipinski definition) is 2. The lowest BCUT2D eigenvalue weighted by molar-refractivity contribution is -0.142. The molecule has 4 aliphatic rings. The zero-order valence-corrected chi connectivity index (χ0v) is 27.3. The van der Waals surface area contributed by atoms with Gasteiger partial charge in [0.25, 0.3) is 5.91 Å². The average molecular weight is 653 g/mol. The van der Waals surface area contributed by atoms with Crippen LogP contribution in [0.5, 0.6) is 5.75 Å². The topological polar surface area (TPSA) is 109 Å². The van der Waals surface area contributed by atoms with Gasteiger partial charge in [-0.3, -0.25) is 9.69 Å². The highest BCUT2D eigenvalue weighted by atomic mass is 35.5. The first-order chi connectivity index (χ1) is 22.2. The summed E-state index contributed by atoms with van der Waals surface area (Å²) in [5.41, 5.74) is 2.67. The minimum atomic E-state index is -1.01. The number of aromatic hydroxyl groups is 1. The van der Waals surface area contributed by atoms with Gasteiger partial charge in [-0.25, -0.2) is 9.59 Å². The fourth-order valence-electron chi connectivity index (χ4n) is 7.21. The number of nitrogens with one attached hydrogen (secondary N) is 1. The van der Waals surface area contributed by atoms with Crippen molar-refractivity contribution in [1.82, 2.24) is 24.5 Å². The van der Waals surface area contributed by atoms with E-state index in [1.165, 1.54) is 6.07 Å². The molecular weight excluding hydrogens is 608 g/mol. The summed E-state index contributed by atoms with van der Waals surface area (Å²) in [4.78, 5) is 50.7. The van der Waals surface area contributed by atoms with Gasteiger partial charge in [-0.2, -0.15) is 0 Å². The highest BCUT2D eigenvalue weighted by Crippen LogP contribution is 2.27. The number of rotatable bonds is 6. The number of amides is 4. The Balaban J connectivity index is 1.07. The number of ether oxygens (including phenoxy) is 1. The fourth-order valence-corrected chi connectivity index (χ4v) is 7.41. The highest BCUT2D eigenvalue weighted by Gasteiger charge is 2.36. The minimum Gasteiger partial charge on any atom is -0.506 e. The molecule has 2 N–H and O–H groups in total. The first-order valence-corrected chi connectivity index (χ1v) is 16.9.